The first-order valence-corrected chi connectivity index (χ1v) is 7.82. The molecule has 114 valence electrons. The fourth-order valence-corrected chi connectivity index (χ4v) is 2.83. The van der Waals surface area contributed by atoms with E-state index in [0.717, 1.165) is 24.2 Å². The van der Waals surface area contributed by atoms with Gasteiger partial charge in [0.1, 0.15) is 5.88 Å². The number of hydrogen-bond acceptors (Lipinski definition) is 2. The van der Waals surface area contributed by atoms with Crippen molar-refractivity contribution < 1.29 is 4.79 Å². The third kappa shape index (κ3) is 3.07. The van der Waals surface area contributed by atoms with Gasteiger partial charge in [-0.25, -0.2) is 4.98 Å². The maximum atomic E-state index is 11.6. The van der Waals surface area contributed by atoms with Gasteiger partial charge in [-0.3, -0.25) is 4.79 Å². The number of halogens is 1. The number of hydrogen-bond donors (Lipinski definition) is 0. The van der Waals surface area contributed by atoms with Crippen LogP contribution in [0.15, 0.2) is 42.9 Å². The zero-order chi connectivity index (χ0) is 15.5. The summed E-state index contributed by atoms with van der Waals surface area (Å²) in [6, 6.07) is 8.42. The molecule has 1 aliphatic rings. The Hall–Kier alpha value is -2.07. The molecule has 1 aromatic carbocycles. The van der Waals surface area contributed by atoms with Crippen molar-refractivity contribution >= 4 is 23.1 Å². The molecule has 0 saturated carbocycles. The number of aryl methyl sites for hydroxylation is 1. The molecule has 0 radical (unpaired) electrons. The number of carbonyl (C=O) groups is 1. The summed E-state index contributed by atoms with van der Waals surface area (Å²) < 4.78 is 1.94. The van der Waals surface area contributed by atoms with E-state index >= 15 is 0 Å². The van der Waals surface area contributed by atoms with Crippen LogP contribution in [0.1, 0.15) is 12.0 Å². The second kappa shape index (κ2) is 6.36. The van der Waals surface area contributed by atoms with Crippen LogP contribution in [0.2, 0.25) is 0 Å². The highest BCUT2D eigenvalue weighted by molar-refractivity contribution is 6.27. The van der Waals surface area contributed by atoms with Crippen LogP contribution in [0.3, 0.4) is 0 Å². The number of aromatic nitrogens is 2. The molecule has 0 unspecified atom stereocenters. The maximum Gasteiger partial charge on any atom is 0.237 e. The van der Waals surface area contributed by atoms with Crippen molar-refractivity contribution in [2.75, 3.05) is 19.0 Å². The highest BCUT2D eigenvalue weighted by Gasteiger charge is 2.16. The molecule has 2 heterocycles. The smallest absolute Gasteiger partial charge is 0.237 e. The molecule has 0 aliphatic carbocycles. The molecule has 1 aromatic heterocycles. The van der Waals surface area contributed by atoms with Gasteiger partial charge in [-0.15, -0.1) is 11.6 Å². The van der Waals surface area contributed by atoms with E-state index in [4.69, 9.17) is 11.6 Å². The first-order valence-electron chi connectivity index (χ1n) is 7.29. The van der Waals surface area contributed by atoms with Crippen molar-refractivity contribution in [1.82, 2.24) is 14.5 Å². The number of nitrogens with zero attached hydrogens (tertiary/aromatic N) is 3. The van der Waals surface area contributed by atoms with Gasteiger partial charge in [0, 0.05) is 31.9 Å². The molecule has 0 saturated heterocycles. The summed E-state index contributed by atoms with van der Waals surface area (Å²) in [6.45, 7) is 1.38. The highest BCUT2D eigenvalue weighted by atomic mass is 35.5. The molecule has 0 atom stereocenters. The average molecular weight is 316 g/mol. The van der Waals surface area contributed by atoms with Gasteiger partial charge < -0.3 is 9.47 Å². The number of alkyl halides is 1. The molecule has 1 amide bonds. The summed E-state index contributed by atoms with van der Waals surface area (Å²) in [6.07, 6.45) is 6.79. The van der Waals surface area contributed by atoms with E-state index in [9.17, 15) is 4.79 Å². The number of carbonyl (C=O) groups excluding carboxylic acids is 1. The third-order valence-electron chi connectivity index (χ3n) is 3.93. The van der Waals surface area contributed by atoms with Crippen molar-refractivity contribution in [3.63, 3.8) is 0 Å². The van der Waals surface area contributed by atoms with Gasteiger partial charge in [0.2, 0.25) is 5.91 Å². The summed E-state index contributed by atoms with van der Waals surface area (Å²) in [4.78, 5) is 17.7. The average Bonchev–Trinajstić information content (AvgIpc) is 3.01. The van der Waals surface area contributed by atoms with Gasteiger partial charge in [0.15, 0.2) is 0 Å². The summed E-state index contributed by atoms with van der Waals surface area (Å²) in [5, 5.41) is 0. The van der Waals surface area contributed by atoms with Crippen molar-refractivity contribution in [2.24, 2.45) is 7.05 Å². The minimum atomic E-state index is 0.00228. The van der Waals surface area contributed by atoms with E-state index in [1.165, 1.54) is 11.1 Å². The second-order valence-corrected chi connectivity index (χ2v) is 5.72. The van der Waals surface area contributed by atoms with Crippen LogP contribution in [0.4, 0.5) is 0 Å². The molecule has 0 spiro atoms. The lowest BCUT2D eigenvalue weighted by molar-refractivity contribution is -0.128. The van der Waals surface area contributed by atoms with Crippen LogP contribution >= 0.6 is 11.6 Å². The SMILES string of the molecule is Cn1cnc(-c2ccc(C3=CCN(C(=O)CCl)CC3)cc2)c1. The highest BCUT2D eigenvalue weighted by Crippen LogP contribution is 2.25. The fourth-order valence-electron chi connectivity index (χ4n) is 2.66. The standard InChI is InChI=1S/C17H18ClN3O/c1-20-11-16(19-12-20)15-4-2-13(3-5-15)14-6-8-21(9-7-14)17(22)10-18/h2-6,11-12H,7-10H2,1H3. The number of benzene rings is 1. The van der Waals surface area contributed by atoms with E-state index in [1.807, 2.05) is 17.8 Å². The maximum absolute atomic E-state index is 11.6. The van der Waals surface area contributed by atoms with Crippen LogP contribution in [0.5, 0.6) is 0 Å². The van der Waals surface area contributed by atoms with E-state index in [-0.39, 0.29) is 11.8 Å². The summed E-state index contributed by atoms with van der Waals surface area (Å²) in [7, 11) is 1.96. The molecule has 22 heavy (non-hydrogen) atoms. The molecule has 0 bridgehead atoms. The third-order valence-corrected chi connectivity index (χ3v) is 4.16. The largest absolute Gasteiger partial charge is 0.340 e. The van der Waals surface area contributed by atoms with Gasteiger partial charge in [0.05, 0.1) is 12.0 Å². The van der Waals surface area contributed by atoms with E-state index in [2.05, 4.69) is 35.3 Å². The van der Waals surface area contributed by atoms with E-state index in [1.54, 1.807) is 11.2 Å². The molecular weight excluding hydrogens is 298 g/mol. The van der Waals surface area contributed by atoms with E-state index < -0.39 is 0 Å². The molecule has 0 fully saturated rings. The molecule has 5 heteroatoms. The van der Waals surface area contributed by atoms with E-state index in [0.29, 0.717) is 6.54 Å². The Balaban J connectivity index is 1.74. The normalized spacial score (nSPS) is 14.8. The molecule has 0 N–H and O–H groups in total. The first kappa shape index (κ1) is 14.9. The Bertz CT molecular complexity index is 703. The Kier molecular flexibility index (Phi) is 4.29. The number of amides is 1. The molecular formula is C17H18ClN3O. The van der Waals surface area contributed by atoms with Gasteiger partial charge in [-0.05, 0) is 17.6 Å². The van der Waals surface area contributed by atoms with Crippen LogP contribution in [0.25, 0.3) is 16.8 Å². The van der Waals surface area contributed by atoms with Crippen molar-refractivity contribution in [3.8, 4) is 11.3 Å². The molecule has 1 aliphatic heterocycles. The summed E-state index contributed by atoms with van der Waals surface area (Å²) in [5.41, 5.74) is 4.58. The minimum absolute atomic E-state index is 0.00228. The van der Waals surface area contributed by atoms with Crippen molar-refractivity contribution in [1.29, 1.82) is 0 Å². The summed E-state index contributed by atoms with van der Waals surface area (Å²) >= 11 is 5.60. The Morgan fingerprint density at radius 3 is 2.55 bits per heavy atom. The predicted molar refractivity (Wildman–Crippen MR) is 88.5 cm³/mol. The van der Waals surface area contributed by atoms with Gasteiger partial charge in [0.25, 0.3) is 0 Å². The lowest BCUT2D eigenvalue weighted by atomic mass is 9.98. The second-order valence-electron chi connectivity index (χ2n) is 5.45. The lowest BCUT2D eigenvalue weighted by Gasteiger charge is -2.26. The zero-order valence-corrected chi connectivity index (χ0v) is 13.3. The Morgan fingerprint density at radius 1 is 1.27 bits per heavy atom. The molecule has 3 rings (SSSR count). The summed E-state index contributed by atoms with van der Waals surface area (Å²) in [5.74, 6) is 0.0598. The van der Waals surface area contributed by atoms with Gasteiger partial charge in [-0.2, -0.15) is 0 Å². The fraction of sp³-hybridized carbons (Fsp3) is 0.294. The quantitative estimate of drug-likeness (QED) is 0.817. The van der Waals surface area contributed by atoms with Crippen LogP contribution in [-0.4, -0.2) is 39.3 Å². The van der Waals surface area contributed by atoms with Gasteiger partial charge >= 0.3 is 0 Å². The topological polar surface area (TPSA) is 38.1 Å². The van der Waals surface area contributed by atoms with Crippen molar-refractivity contribution in [3.05, 3.63) is 48.4 Å². The predicted octanol–water partition coefficient (Wildman–Crippen LogP) is 2.94. The number of rotatable bonds is 3. The van der Waals surface area contributed by atoms with Crippen LogP contribution in [-0.2, 0) is 11.8 Å². The first-order chi connectivity index (χ1) is 10.7. The number of imidazole rings is 1. The monoisotopic (exact) mass is 315 g/mol. The van der Waals surface area contributed by atoms with Crippen LogP contribution in [0, 0.1) is 0 Å². The lowest BCUT2D eigenvalue weighted by Crippen LogP contribution is -2.35. The van der Waals surface area contributed by atoms with Crippen molar-refractivity contribution in [2.45, 2.75) is 6.42 Å². The van der Waals surface area contributed by atoms with Gasteiger partial charge in [-0.1, -0.05) is 30.3 Å². The molecule has 4 nitrogen and oxygen atoms in total. The Morgan fingerprint density at radius 2 is 2.00 bits per heavy atom. The molecule has 2 aromatic rings. The van der Waals surface area contributed by atoms with Crippen LogP contribution < -0.4 is 0 Å². The zero-order valence-electron chi connectivity index (χ0n) is 12.5. The minimum Gasteiger partial charge on any atom is -0.340 e. The Labute approximate surface area is 135 Å².